The second kappa shape index (κ2) is 8.56. The number of nitrogens with one attached hydrogen (secondary N) is 1. The zero-order valence-electron chi connectivity index (χ0n) is 17.5. The van der Waals surface area contributed by atoms with Gasteiger partial charge in [0.2, 0.25) is 0 Å². The van der Waals surface area contributed by atoms with Gasteiger partial charge < -0.3 is 9.88 Å². The largest absolute Gasteiger partial charge is 0.342 e. The highest BCUT2D eigenvalue weighted by Gasteiger charge is 2.33. The Morgan fingerprint density at radius 1 is 0.909 bits per heavy atom. The molecule has 1 aliphatic rings. The number of rotatable bonds is 5. The number of benzene rings is 3. The second-order valence-electron chi connectivity index (χ2n) is 7.79. The zero-order chi connectivity index (χ0) is 22.9. The van der Waals surface area contributed by atoms with Crippen LogP contribution in [-0.2, 0) is 17.9 Å². The van der Waals surface area contributed by atoms with Gasteiger partial charge in [-0.3, -0.25) is 9.69 Å². The fourth-order valence-corrected chi connectivity index (χ4v) is 4.23. The summed E-state index contributed by atoms with van der Waals surface area (Å²) in [5.74, 6) is -0.771. The normalized spacial score (nSPS) is 15.0. The van der Waals surface area contributed by atoms with E-state index in [9.17, 15) is 14.0 Å². The van der Waals surface area contributed by atoms with Gasteiger partial charge in [0.05, 0.1) is 13.1 Å². The molecule has 1 saturated heterocycles. The maximum atomic E-state index is 14.4. The van der Waals surface area contributed by atoms with Gasteiger partial charge in [0.15, 0.2) is 0 Å². The molecule has 5 nitrogen and oxygen atoms in total. The number of hydrogen-bond acceptors (Lipinski definition) is 2. The van der Waals surface area contributed by atoms with Crippen molar-refractivity contribution in [1.29, 1.82) is 0 Å². The van der Waals surface area contributed by atoms with E-state index in [1.807, 2.05) is 65.4 Å². The molecule has 0 bridgehead atoms. The van der Waals surface area contributed by atoms with Gasteiger partial charge in [-0.05, 0) is 29.8 Å². The summed E-state index contributed by atoms with van der Waals surface area (Å²) in [5.41, 5.74) is 3.05. The molecular weight excluding hydrogens is 441 g/mol. The number of carbonyl (C=O) groups excluding carboxylic acids is 2. The lowest BCUT2D eigenvalue weighted by Gasteiger charge is -2.11. The minimum absolute atomic E-state index is 0.191. The molecule has 1 aromatic heterocycles. The van der Waals surface area contributed by atoms with Gasteiger partial charge in [-0.25, -0.2) is 9.18 Å². The number of fused-ring (bicyclic) bond motifs is 1. The lowest BCUT2D eigenvalue weighted by molar-refractivity contribution is -0.123. The average molecular weight is 460 g/mol. The summed E-state index contributed by atoms with van der Waals surface area (Å²) < 4.78 is 16.3. The highest BCUT2D eigenvalue weighted by atomic mass is 35.5. The van der Waals surface area contributed by atoms with Crippen LogP contribution in [0.3, 0.4) is 0 Å². The van der Waals surface area contributed by atoms with Gasteiger partial charge in [-0.2, -0.15) is 0 Å². The Morgan fingerprint density at radius 2 is 1.67 bits per heavy atom. The number of para-hydroxylation sites is 1. The molecule has 7 heteroatoms. The second-order valence-corrected chi connectivity index (χ2v) is 8.20. The van der Waals surface area contributed by atoms with E-state index in [0.29, 0.717) is 10.6 Å². The van der Waals surface area contributed by atoms with Crippen LogP contribution in [-0.4, -0.2) is 21.4 Å². The molecule has 0 unspecified atom stereocenters. The Kier molecular flexibility index (Phi) is 5.44. The molecule has 0 saturated carbocycles. The third kappa shape index (κ3) is 4.01. The van der Waals surface area contributed by atoms with E-state index in [0.717, 1.165) is 22.0 Å². The third-order valence-electron chi connectivity index (χ3n) is 5.66. The number of hydrogen-bond donors (Lipinski definition) is 1. The molecule has 2 heterocycles. The molecule has 3 aromatic carbocycles. The molecule has 1 fully saturated rings. The zero-order valence-corrected chi connectivity index (χ0v) is 18.2. The molecule has 0 aliphatic carbocycles. The van der Waals surface area contributed by atoms with E-state index < -0.39 is 11.9 Å². The smallest absolute Gasteiger partial charge is 0.329 e. The number of amides is 3. The Hall–Kier alpha value is -3.90. The van der Waals surface area contributed by atoms with Crippen molar-refractivity contribution in [2.24, 2.45) is 0 Å². The molecule has 4 aromatic rings. The van der Waals surface area contributed by atoms with Crippen LogP contribution in [0.25, 0.3) is 17.0 Å². The maximum Gasteiger partial charge on any atom is 0.329 e. The quantitative estimate of drug-likeness (QED) is 0.313. The van der Waals surface area contributed by atoms with Crippen molar-refractivity contribution in [2.75, 3.05) is 0 Å². The van der Waals surface area contributed by atoms with Crippen LogP contribution in [0.1, 0.15) is 16.7 Å². The first kappa shape index (κ1) is 21.0. The van der Waals surface area contributed by atoms with Crippen LogP contribution in [0.2, 0.25) is 5.02 Å². The molecule has 0 atom stereocenters. The van der Waals surface area contributed by atoms with Gasteiger partial charge in [0, 0.05) is 33.2 Å². The summed E-state index contributed by atoms with van der Waals surface area (Å²) >= 11 is 6.23. The Labute approximate surface area is 194 Å². The minimum atomic E-state index is -0.461. The molecule has 1 N–H and O–H groups in total. The fourth-order valence-electron chi connectivity index (χ4n) is 4.01. The van der Waals surface area contributed by atoms with Gasteiger partial charge in [0.1, 0.15) is 11.5 Å². The highest BCUT2D eigenvalue weighted by Crippen LogP contribution is 2.28. The molecule has 5 rings (SSSR count). The SMILES string of the molecule is O=C1N/C(=C/c2cn(Cc3c(F)cccc3Cl)c3ccccc23)C(=O)N1Cc1ccccc1. The number of halogens is 2. The Balaban J connectivity index is 1.49. The van der Waals surface area contributed by atoms with Crippen LogP contribution in [0.15, 0.2) is 84.7 Å². The Bertz CT molecular complexity index is 1390. The Morgan fingerprint density at radius 3 is 2.45 bits per heavy atom. The number of urea groups is 1. The van der Waals surface area contributed by atoms with Crippen LogP contribution >= 0.6 is 11.6 Å². The summed E-state index contributed by atoms with van der Waals surface area (Å²) in [4.78, 5) is 26.6. The van der Waals surface area contributed by atoms with E-state index in [2.05, 4.69) is 5.32 Å². The molecule has 0 radical (unpaired) electrons. The first-order valence-electron chi connectivity index (χ1n) is 10.4. The van der Waals surface area contributed by atoms with Crippen molar-refractivity contribution in [3.05, 3.63) is 112 Å². The molecule has 0 spiro atoms. The van der Waals surface area contributed by atoms with Crippen molar-refractivity contribution in [3.8, 4) is 0 Å². The first-order chi connectivity index (χ1) is 16.0. The first-order valence-corrected chi connectivity index (χ1v) is 10.8. The van der Waals surface area contributed by atoms with E-state index in [1.165, 1.54) is 11.0 Å². The predicted octanol–water partition coefficient (Wildman–Crippen LogP) is 5.58. The van der Waals surface area contributed by atoms with E-state index in [1.54, 1.807) is 18.2 Å². The maximum absolute atomic E-state index is 14.4. The lowest BCUT2D eigenvalue weighted by Crippen LogP contribution is -2.30. The summed E-state index contributed by atoms with van der Waals surface area (Å²) in [6.07, 6.45) is 3.49. The predicted molar refractivity (Wildman–Crippen MR) is 126 cm³/mol. The third-order valence-corrected chi connectivity index (χ3v) is 6.01. The van der Waals surface area contributed by atoms with Crippen molar-refractivity contribution >= 4 is 40.5 Å². The molecule has 33 heavy (non-hydrogen) atoms. The van der Waals surface area contributed by atoms with Crippen molar-refractivity contribution < 1.29 is 14.0 Å². The van der Waals surface area contributed by atoms with E-state index in [-0.39, 0.29) is 24.6 Å². The van der Waals surface area contributed by atoms with Crippen molar-refractivity contribution in [2.45, 2.75) is 13.1 Å². The standard InChI is InChI=1S/C26H19ClFN3O2/c27-21-10-6-11-22(28)20(21)16-30-15-18(19-9-4-5-12-24(19)30)13-23-25(32)31(26(33)29-23)14-17-7-2-1-3-8-17/h1-13,15H,14,16H2,(H,29,33)/b23-13+. The number of carbonyl (C=O) groups is 2. The van der Waals surface area contributed by atoms with Crippen LogP contribution < -0.4 is 5.32 Å². The van der Waals surface area contributed by atoms with E-state index in [4.69, 9.17) is 11.6 Å². The average Bonchev–Trinajstić information content (AvgIpc) is 3.29. The molecule has 1 aliphatic heterocycles. The van der Waals surface area contributed by atoms with Crippen molar-refractivity contribution in [1.82, 2.24) is 14.8 Å². The van der Waals surface area contributed by atoms with Gasteiger partial charge in [-0.1, -0.05) is 66.2 Å². The van der Waals surface area contributed by atoms with Gasteiger partial charge in [0.25, 0.3) is 5.91 Å². The molecule has 3 amide bonds. The highest BCUT2D eigenvalue weighted by molar-refractivity contribution is 6.31. The number of nitrogens with zero attached hydrogens (tertiary/aromatic N) is 2. The van der Waals surface area contributed by atoms with Crippen molar-refractivity contribution in [3.63, 3.8) is 0 Å². The topological polar surface area (TPSA) is 54.3 Å². The summed E-state index contributed by atoms with van der Waals surface area (Å²) in [6, 6.07) is 21.1. The monoisotopic (exact) mass is 459 g/mol. The van der Waals surface area contributed by atoms with Crippen LogP contribution in [0, 0.1) is 5.82 Å². The molecular formula is C26H19ClFN3O2. The fraction of sp³-hybridized carbons (Fsp3) is 0.0769. The molecule has 164 valence electrons. The van der Waals surface area contributed by atoms with Gasteiger partial charge in [-0.15, -0.1) is 0 Å². The summed E-state index contributed by atoms with van der Waals surface area (Å²) in [7, 11) is 0. The lowest BCUT2D eigenvalue weighted by atomic mass is 10.1. The summed E-state index contributed by atoms with van der Waals surface area (Å²) in [6.45, 7) is 0.423. The van der Waals surface area contributed by atoms with Gasteiger partial charge >= 0.3 is 6.03 Å². The number of aromatic nitrogens is 1. The van der Waals surface area contributed by atoms with Crippen LogP contribution in [0.5, 0.6) is 0 Å². The minimum Gasteiger partial charge on any atom is -0.342 e. The van der Waals surface area contributed by atoms with Crippen LogP contribution in [0.4, 0.5) is 9.18 Å². The number of imide groups is 1. The van der Waals surface area contributed by atoms with E-state index >= 15 is 0 Å². The summed E-state index contributed by atoms with van der Waals surface area (Å²) in [5, 5.41) is 3.90.